The van der Waals surface area contributed by atoms with Crippen molar-refractivity contribution in [3.63, 3.8) is 0 Å². The molecule has 5 nitrogen and oxygen atoms in total. The normalized spacial score (nSPS) is 13.6. The van der Waals surface area contributed by atoms with Crippen LogP contribution in [0.3, 0.4) is 0 Å². The average Bonchev–Trinajstić information content (AvgIpc) is 2.86. The minimum atomic E-state index is -1.03. The fourth-order valence-electron chi connectivity index (χ4n) is 1.88. The number of aliphatic carboxylic acids is 1. The SMILES string of the molecule is CC(C)(CNC(=O)N[C@@H](C(=O)O)C(C)(C)C)c1cccs1. The third kappa shape index (κ3) is 5.04. The molecular formula is C15H24N2O3S. The summed E-state index contributed by atoms with van der Waals surface area (Å²) in [5, 5.41) is 16.5. The third-order valence-electron chi connectivity index (χ3n) is 3.27. The summed E-state index contributed by atoms with van der Waals surface area (Å²) < 4.78 is 0. The van der Waals surface area contributed by atoms with Crippen LogP contribution in [0.4, 0.5) is 4.79 Å². The Hall–Kier alpha value is -1.56. The fourth-order valence-corrected chi connectivity index (χ4v) is 2.73. The van der Waals surface area contributed by atoms with Gasteiger partial charge in [0.05, 0.1) is 0 Å². The lowest BCUT2D eigenvalue weighted by molar-refractivity contribution is -0.141. The van der Waals surface area contributed by atoms with Gasteiger partial charge in [0.15, 0.2) is 0 Å². The molecule has 2 amide bonds. The van der Waals surface area contributed by atoms with Crippen LogP contribution in [0.1, 0.15) is 39.5 Å². The molecule has 0 saturated heterocycles. The summed E-state index contributed by atoms with van der Waals surface area (Å²) in [5.74, 6) is -1.03. The summed E-state index contributed by atoms with van der Waals surface area (Å²) in [6, 6.07) is 2.62. The summed E-state index contributed by atoms with van der Waals surface area (Å²) in [4.78, 5) is 24.3. The van der Waals surface area contributed by atoms with E-state index in [-0.39, 0.29) is 5.41 Å². The fraction of sp³-hybridized carbons (Fsp3) is 0.600. The van der Waals surface area contributed by atoms with Crippen molar-refractivity contribution in [3.05, 3.63) is 22.4 Å². The first kappa shape index (κ1) is 17.5. The van der Waals surface area contributed by atoms with E-state index in [9.17, 15) is 14.7 Å². The zero-order valence-corrected chi connectivity index (χ0v) is 14.0. The highest BCUT2D eigenvalue weighted by Crippen LogP contribution is 2.26. The molecule has 1 heterocycles. The number of carboxylic acids is 1. The number of carbonyl (C=O) groups is 2. The minimum absolute atomic E-state index is 0.189. The summed E-state index contributed by atoms with van der Waals surface area (Å²) in [6.07, 6.45) is 0. The predicted octanol–water partition coefficient (Wildman–Crippen LogP) is 2.82. The molecule has 0 aliphatic rings. The monoisotopic (exact) mass is 312 g/mol. The topological polar surface area (TPSA) is 78.4 Å². The van der Waals surface area contributed by atoms with Crippen LogP contribution in [0.5, 0.6) is 0 Å². The standard InChI is InChI=1S/C15H24N2O3S/c1-14(2,3)11(12(18)19)17-13(20)16-9-15(4,5)10-7-6-8-21-10/h6-8,11H,9H2,1-5H3,(H,18,19)(H2,16,17,20)/t11-/m0/s1. The first-order valence-electron chi connectivity index (χ1n) is 6.85. The van der Waals surface area contributed by atoms with Gasteiger partial charge in [-0.15, -0.1) is 11.3 Å². The molecule has 1 atom stereocenters. The third-order valence-corrected chi connectivity index (χ3v) is 4.50. The van der Waals surface area contributed by atoms with Gasteiger partial charge in [0, 0.05) is 16.8 Å². The van der Waals surface area contributed by atoms with Gasteiger partial charge in [-0.1, -0.05) is 40.7 Å². The van der Waals surface area contributed by atoms with Gasteiger partial charge in [0.2, 0.25) is 0 Å². The number of carbonyl (C=O) groups excluding carboxylic acids is 1. The van der Waals surface area contributed by atoms with E-state index in [0.29, 0.717) is 6.54 Å². The lowest BCUT2D eigenvalue weighted by Gasteiger charge is -2.29. The van der Waals surface area contributed by atoms with Crippen LogP contribution in [-0.4, -0.2) is 29.7 Å². The summed E-state index contributed by atoms with van der Waals surface area (Å²) in [5.41, 5.74) is -0.738. The molecule has 0 aromatic carbocycles. The molecule has 0 saturated carbocycles. The van der Waals surface area contributed by atoms with Gasteiger partial charge in [-0.05, 0) is 16.9 Å². The van der Waals surface area contributed by atoms with Crippen molar-refractivity contribution in [2.75, 3.05) is 6.54 Å². The highest BCUT2D eigenvalue weighted by atomic mass is 32.1. The Balaban J connectivity index is 2.60. The Morgan fingerprint density at radius 3 is 2.33 bits per heavy atom. The molecule has 1 aromatic heterocycles. The van der Waals surface area contributed by atoms with E-state index in [1.54, 1.807) is 32.1 Å². The van der Waals surface area contributed by atoms with Crippen molar-refractivity contribution >= 4 is 23.3 Å². The van der Waals surface area contributed by atoms with Crippen molar-refractivity contribution in [2.24, 2.45) is 5.41 Å². The van der Waals surface area contributed by atoms with Gasteiger partial charge in [-0.3, -0.25) is 0 Å². The maximum Gasteiger partial charge on any atom is 0.326 e. The number of carboxylic acid groups (broad SMARTS) is 1. The van der Waals surface area contributed by atoms with Crippen molar-refractivity contribution < 1.29 is 14.7 Å². The molecular weight excluding hydrogens is 288 g/mol. The van der Waals surface area contributed by atoms with Crippen LogP contribution in [0, 0.1) is 5.41 Å². The zero-order chi connectivity index (χ0) is 16.3. The van der Waals surface area contributed by atoms with E-state index >= 15 is 0 Å². The summed E-state index contributed by atoms with van der Waals surface area (Å²) in [7, 11) is 0. The van der Waals surface area contributed by atoms with E-state index in [0.717, 1.165) is 0 Å². The van der Waals surface area contributed by atoms with Gasteiger partial charge < -0.3 is 15.7 Å². The Kier molecular flexibility index (Phi) is 5.39. The number of thiophene rings is 1. The molecule has 0 radical (unpaired) electrons. The van der Waals surface area contributed by atoms with E-state index in [2.05, 4.69) is 10.6 Å². The van der Waals surface area contributed by atoms with Crippen LogP contribution in [-0.2, 0) is 10.2 Å². The van der Waals surface area contributed by atoms with Crippen LogP contribution < -0.4 is 10.6 Å². The van der Waals surface area contributed by atoms with E-state index in [4.69, 9.17) is 0 Å². The average molecular weight is 312 g/mol. The Labute approximate surface area is 129 Å². The summed E-state index contributed by atoms with van der Waals surface area (Å²) in [6.45, 7) is 9.86. The van der Waals surface area contributed by atoms with Gasteiger partial charge >= 0.3 is 12.0 Å². The van der Waals surface area contributed by atoms with Gasteiger partial charge in [0.1, 0.15) is 6.04 Å². The number of nitrogens with one attached hydrogen (secondary N) is 2. The lowest BCUT2D eigenvalue weighted by atomic mass is 9.87. The highest BCUT2D eigenvalue weighted by Gasteiger charge is 2.33. The van der Waals surface area contributed by atoms with E-state index < -0.39 is 23.5 Å². The second kappa shape index (κ2) is 6.47. The van der Waals surface area contributed by atoms with Crippen molar-refractivity contribution in [1.29, 1.82) is 0 Å². The van der Waals surface area contributed by atoms with Crippen molar-refractivity contribution in [3.8, 4) is 0 Å². The Bertz CT molecular complexity index is 490. The second-order valence-corrected chi connectivity index (χ2v) is 7.77. The van der Waals surface area contributed by atoms with Gasteiger partial charge in [-0.25, -0.2) is 9.59 Å². The van der Waals surface area contributed by atoms with Crippen molar-refractivity contribution in [2.45, 2.75) is 46.1 Å². The first-order chi connectivity index (χ1) is 9.54. The summed E-state index contributed by atoms with van der Waals surface area (Å²) >= 11 is 1.64. The Morgan fingerprint density at radius 1 is 1.29 bits per heavy atom. The maximum absolute atomic E-state index is 11.9. The molecule has 1 rings (SSSR count). The molecule has 0 aliphatic carbocycles. The second-order valence-electron chi connectivity index (χ2n) is 6.83. The van der Waals surface area contributed by atoms with Crippen LogP contribution >= 0.6 is 11.3 Å². The zero-order valence-electron chi connectivity index (χ0n) is 13.2. The molecule has 0 spiro atoms. The highest BCUT2D eigenvalue weighted by molar-refractivity contribution is 7.10. The first-order valence-corrected chi connectivity index (χ1v) is 7.73. The molecule has 118 valence electrons. The number of hydrogen-bond donors (Lipinski definition) is 3. The molecule has 6 heteroatoms. The van der Waals surface area contributed by atoms with Gasteiger partial charge in [0.25, 0.3) is 0 Å². The smallest absolute Gasteiger partial charge is 0.326 e. The largest absolute Gasteiger partial charge is 0.480 e. The van der Waals surface area contributed by atoms with Gasteiger partial charge in [-0.2, -0.15) is 0 Å². The van der Waals surface area contributed by atoms with E-state index in [1.165, 1.54) is 4.88 Å². The Morgan fingerprint density at radius 2 is 1.90 bits per heavy atom. The van der Waals surface area contributed by atoms with Crippen molar-refractivity contribution in [1.82, 2.24) is 10.6 Å². The molecule has 3 N–H and O–H groups in total. The molecule has 0 fully saturated rings. The maximum atomic E-state index is 11.9. The lowest BCUT2D eigenvalue weighted by Crippen LogP contribution is -2.53. The molecule has 0 aliphatic heterocycles. The van der Waals surface area contributed by atoms with E-state index in [1.807, 2.05) is 31.4 Å². The van der Waals surface area contributed by atoms with Crippen LogP contribution in [0.25, 0.3) is 0 Å². The number of amides is 2. The molecule has 0 bridgehead atoms. The van der Waals surface area contributed by atoms with Crippen LogP contribution in [0.15, 0.2) is 17.5 Å². The molecule has 21 heavy (non-hydrogen) atoms. The number of urea groups is 1. The predicted molar refractivity (Wildman–Crippen MR) is 84.8 cm³/mol. The molecule has 0 unspecified atom stereocenters. The quantitative estimate of drug-likeness (QED) is 0.782. The number of rotatable bonds is 5. The number of hydrogen-bond acceptors (Lipinski definition) is 3. The minimum Gasteiger partial charge on any atom is -0.480 e. The molecule has 1 aromatic rings. The van der Waals surface area contributed by atoms with Crippen LogP contribution in [0.2, 0.25) is 0 Å².